The Labute approximate surface area is 238 Å². The van der Waals surface area contributed by atoms with Crippen LogP contribution in [0.4, 0.5) is 0 Å². The molecule has 0 bridgehead atoms. The molecular weight excluding hydrogens is 472 g/mol. The molecule has 0 atom stereocenters. The second kappa shape index (κ2) is 16.2. The van der Waals surface area contributed by atoms with Gasteiger partial charge in [-0.2, -0.15) is 0 Å². The van der Waals surface area contributed by atoms with Crippen LogP contribution < -0.4 is 0 Å². The maximum atomic E-state index is 5.38. The highest BCUT2D eigenvalue weighted by Crippen LogP contribution is 2.25. The monoisotopic (exact) mass is 530 g/mol. The first-order valence-electron chi connectivity index (χ1n) is 15.0. The normalized spacial score (nSPS) is 12.5. The summed E-state index contributed by atoms with van der Waals surface area (Å²) in [6.07, 6.45) is 16.7. The van der Waals surface area contributed by atoms with Crippen molar-refractivity contribution in [3.05, 3.63) is 76.5 Å². The van der Waals surface area contributed by atoms with Crippen LogP contribution in [0.5, 0.6) is 0 Å². The van der Waals surface area contributed by atoms with Crippen molar-refractivity contribution < 1.29 is 0 Å². The number of terminal acetylenes is 1. The summed E-state index contributed by atoms with van der Waals surface area (Å²) in [7, 11) is -1.16. The quantitative estimate of drug-likeness (QED) is 0.154. The minimum atomic E-state index is -1.16. The van der Waals surface area contributed by atoms with Crippen LogP contribution in [0.1, 0.15) is 116 Å². The lowest BCUT2D eigenvalue weighted by Gasteiger charge is -2.17. The molecule has 0 fully saturated rings. The van der Waals surface area contributed by atoms with E-state index in [0.29, 0.717) is 10.8 Å². The van der Waals surface area contributed by atoms with Crippen molar-refractivity contribution in [2.24, 2.45) is 10.8 Å². The fourth-order valence-corrected chi connectivity index (χ4v) is 6.04. The minimum Gasteiger partial charge on any atom is -0.115 e. The molecule has 0 saturated carbocycles. The van der Waals surface area contributed by atoms with Gasteiger partial charge in [0, 0.05) is 5.56 Å². The third-order valence-electron chi connectivity index (χ3n) is 6.66. The lowest BCUT2D eigenvalue weighted by atomic mass is 9.89. The van der Waals surface area contributed by atoms with E-state index in [-0.39, 0.29) is 0 Å². The van der Waals surface area contributed by atoms with E-state index in [0.717, 1.165) is 18.4 Å². The van der Waals surface area contributed by atoms with Crippen molar-refractivity contribution in [3.63, 3.8) is 0 Å². The maximum absolute atomic E-state index is 5.38. The Balaban J connectivity index is 0.000000399. The standard InChI is InChI=1S/C21H36Si.C16H22/c1-8-19(17-22(5,6)7)20-14-11-13-18(16-20)12-9-10-15-21(2,3)4;1-5-14-10-8-11-15(13-14)9-6-7-12-16(2,3)4/h11,13-14,16-17H,8-10,12,15H2,1-7H3;1,8,10-11,13H,6-7,9,12H2,2-4H3/b19-17+;. The highest BCUT2D eigenvalue weighted by Gasteiger charge is 2.12. The van der Waals surface area contributed by atoms with Gasteiger partial charge in [-0.25, -0.2) is 0 Å². The summed E-state index contributed by atoms with van der Waals surface area (Å²) in [6.45, 7) is 23.4. The maximum Gasteiger partial charge on any atom is 0.0690 e. The minimum absolute atomic E-state index is 0.459. The van der Waals surface area contributed by atoms with Crippen LogP contribution in [0.2, 0.25) is 19.6 Å². The second-order valence-electron chi connectivity index (χ2n) is 14.5. The van der Waals surface area contributed by atoms with Gasteiger partial charge in [-0.3, -0.25) is 0 Å². The van der Waals surface area contributed by atoms with Gasteiger partial charge in [0.05, 0.1) is 8.07 Å². The summed E-state index contributed by atoms with van der Waals surface area (Å²) in [5, 5.41) is 0. The van der Waals surface area contributed by atoms with Crippen molar-refractivity contribution >= 4 is 13.6 Å². The first-order chi connectivity index (χ1) is 17.6. The molecule has 1 heteroatoms. The Morgan fingerprint density at radius 2 is 1.26 bits per heavy atom. The van der Waals surface area contributed by atoms with Crippen molar-refractivity contribution in [3.8, 4) is 12.3 Å². The Kier molecular flexibility index (Phi) is 14.4. The molecule has 2 aromatic carbocycles. The van der Waals surface area contributed by atoms with Crippen LogP contribution in [0.15, 0.2) is 54.2 Å². The van der Waals surface area contributed by atoms with Gasteiger partial charge in [-0.05, 0) is 90.2 Å². The Hall–Kier alpha value is -2.04. The lowest BCUT2D eigenvalue weighted by Crippen LogP contribution is -2.16. The number of aryl methyl sites for hydroxylation is 2. The summed E-state index contributed by atoms with van der Waals surface area (Å²) >= 11 is 0. The first-order valence-corrected chi connectivity index (χ1v) is 18.6. The fourth-order valence-electron chi connectivity index (χ4n) is 4.62. The second-order valence-corrected chi connectivity index (χ2v) is 19.5. The van der Waals surface area contributed by atoms with Gasteiger partial charge >= 0.3 is 0 Å². The average molecular weight is 531 g/mol. The van der Waals surface area contributed by atoms with E-state index in [2.05, 4.69) is 116 Å². The molecule has 0 spiro atoms. The highest BCUT2D eigenvalue weighted by atomic mass is 28.3. The molecule has 2 aromatic rings. The summed E-state index contributed by atoms with van der Waals surface area (Å²) in [5.74, 6) is 2.68. The van der Waals surface area contributed by atoms with E-state index in [1.54, 1.807) is 0 Å². The van der Waals surface area contributed by atoms with Gasteiger partial charge in [0.15, 0.2) is 0 Å². The van der Waals surface area contributed by atoms with E-state index in [4.69, 9.17) is 6.42 Å². The molecule has 2 rings (SSSR count). The fraction of sp³-hybridized carbons (Fsp3) is 0.568. The summed E-state index contributed by atoms with van der Waals surface area (Å²) in [4.78, 5) is 0. The number of benzene rings is 2. The van der Waals surface area contributed by atoms with Crippen LogP contribution in [0, 0.1) is 23.2 Å². The number of hydrogen-bond acceptors (Lipinski definition) is 0. The van der Waals surface area contributed by atoms with Gasteiger partial charge < -0.3 is 0 Å². The van der Waals surface area contributed by atoms with Crippen molar-refractivity contribution in [1.82, 2.24) is 0 Å². The van der Waals surface area contributed by atoms with E-state index in [1.165, 1.54) is 67.2 Å². The van der Waals surface area contributed by atoms with Gasteiger partial charge in [0.1, 0.15) is 0 Å². The SMILES string of the molecule is C#Cc1cccc(CCCCC(C)(C)C)c1.CC/C(=C\[Si](C)(C)C)c1cccc(CCCCC(C)(C)C)c1. The topological polar surface area (TPSA) is 0 Å². The van der Waals surface area contributed by atoms with Crippen molar-refractivity contribution in [2.75, 3.05) is 0 Å². The van der Waals surface area contributed by atoms with Crippen molar-refractivity contribution in [1.29, 1.82) is 0 Å². The van der Waals surface area contributed by atoms with E-state index >= 15 is 0 Å². The summed E-state index contributed by atoms with van der Waals surface area (Å²) in [5.41, 5.74) is 10.3. The Bertz CT molecular complexity index is 1010. The zero-order valence-corrected chi connectivity index (χ0v) is 27.6. The molecule has 38 heavy (non-hydrogen) atoms. The summed E-state index contributed by atoms with van der Waals surface area (Å²) < 4.78 is 0. The van der Waals surface area contributed by atoms with E-state index < -0.39 is 8.07 Å². The molecule has 0 aliphatic heterocycles. The van der Waals surface area contributed by atoms with Crippen LogP contribution in [-0.4, -0.2) is 8.07 Å². The third kappa shape index (κ3) is 16.7. The van der Waals surface area contributed by atoms with E-state index in [9.17, 15) is 0 Å². The van der Waals surface area contributed by atoms with Crippen LogP contribution in [0.3, 0.4) is 0 Å². The molecule has 0 radical (unpaired) electrons. The third-order valence-corrected chi connectivity index (χ3v) is 7.88. The molecule has 0 heterocycles. The van der Waals surface area contributed by atoms with E-state index in [1.807, 2.05) is 12.1 Å². The lowest BCUT2D eigenvalue weighted by molar-refractivity contribution is 0.360. The van der Waals surface area contributed by atoms with Crippen LogP contribution in [-0.2, 0) is 12.8 Å². The molecule has 210 valence electrons. The number of unbranched alkanes of at least 4 members (excludes halogenated alkanes) is 2. The molecule has 0 N–H and O–H groups in total. The molecule has 0 saturated heterocycles. The predicted molar refractivity (Wildman–Crippen MR) is 176 cm³/mol. The highest BCUT2D eigenvalue weighted by molar-refractivity contribution is 6.81. The zero-order valence-electron chi connectivity index (χ0n) is 26.6. The molecule has 0 aliphatic carbocycles. The molecule has 0 aliphatic rings. The van der Waals surface area contributed by atoms with Gasteiger partial charge in [0.25, 0.3) is 0 Å². The van der Waals surface area contributed by atoms with Gasteiger partial charge in [-0.1, -0.05) is 129 Å². The molecule has 0 nitrogen and oxygen atoms in total. The molecular formula is C37H58Si. The Morgan fingerprint density at radius 1 is 0.763 bits per heavy atom. The average Bonchev–Trinajstić information content (AvgIpc) is 2.82. The number of allylic oxidation sites excluding steroid dienone is 1. The molecule has 0 unspecified atom stereocenters. The predicted octanol–water partition coefficient (Wildman–Crippen LogP) is 11.5. The Morgan fingerprint density at radius 3 is 1.71 bits per heavy atom. The summed E-state index contributed by atoms with van der Waals surface area (Å²) in [6, 6.07) is 17.6. The van der Waals surface area contributed by atoms with Crippen LogP contribution >= 0.6 is 0 Å². The number of hydrogen-bond donors (Lipinski definition) is 0. The zero-order chi connectivity index (χ0) is 28.8. The molecule has 0 amide bonds. The first kappa shape index (κ1) is 34.0. The number of rotatable bonds is 11. The van der Waals surface area contributed by atoms with Crippen molar-refractivity contribution in [2.45, 2.75) is 126 Å². The van der Waals surface area contributed by atoms with Gasteiger partial charge in [-0.15, -0.1) is 6.42 Å². The molecule has 0 aromatic heterocycles. The van der Waals surface area contributed by atoms with Gasteiger partial charge in [0.2, 0.25) is 0 Å². The smallest absolute Gasteiger partial charge is 0.0690 e. The van der Waals surface area contributed by atoms with Crippen LogP contribution in [0.25, 0.3) is 5.57 Å². The largest absolute Gasteiger partial charge is 0.115 e.